The van der Waals surface area contributed by atoms with Gasteiger partial charge in [-0.25, -0.2) is 0 Å². The van der Waals surface area contributed by atoms with Crippen LogP contribution in [0.5, 0.6) is 0 Å². The third-order valence-corrected chi connectivity index (χ3v) is 2.08. The van der Waals surface area contributed by atoms with E-state index in [1.165, 1.54) is 0 Å². The lowest BCUT2D eigenvalue weighted by Gasteiger charge is -1.98. The van der Waals surface area contributed by atoms with E-state index in [1.807, 2.05) is 30.3 Å². The number of furan rings is 1. The monoisotopic (exact) mass is 205 g/mol. The normalized spacial score (nSPS) is 10.5. The number of aliphatic hydroxyl groups is 1. The summed E-state index contributed by atoms with van der Waals surface area (Å²) in [5.41, 5.74) is 0.797. The molecule has 78 valence electrons. The molecule has 0 unspecified atom stereocenters. The van der Waals surface area contributed by atoms with Gasteiger partial charge in [-0.1, -0.05) is 18.2 Å². The van der Waals surface area contributed by atoms with E-state index in [9.17, 15) is 4.79 Å². The molecule has 1 amide bonds. The summed E-state index contributed by atoms with van der Waals surface area (Å²) in [7, 11) is 0. The van der Waals surface area contributed by atoms with Gasteiger partial charge in [0.25, 0.3) is 0 Å². The molecule has 4 heteroatoms. The lowest BCUT2D eigenvalue weighted by molar-refractivity contribution is -0.124. The molecule has 0 atom stereocenters. The number of rotatable bonds is 3. The number of benzene rings is 1. The third kappa shape index (κ3) is 2.16. The first-order valence-electron chi connectivity index (χ1n) is 4.64. The van der Waals surface area contributed by atoms with Gasteiger partial charge >= 0.3 is 0 Å². The maximum Gasteiger partial charge on any atom is 0.246 e. The topological polar surface area (TPSA) is 62.5 Å². The maximum absolute atomic E-state index is 10.8. The lowest BCUT2D eigenvalue weighted by atomic mass is 10.2. The van der Waals surface area contributed by atoms with E-state index < -0.39 is 12.5 Å². The average molecular weight is 205 g/mol. The zero-order chi connectivity index (χ0) is 10.7. The Hall–Kier alpha value is -1.81. The number of hydrogen-bond acceptors (Lipinski definition) is 3. The summed E-state index contributed by atoms with van der Waals surface area (Å²) in [6.45, 7) is -0.200. The second-order valence-electron chi connectivity index (χ2n) is 3.19. The van der Waals surface area contributed by atoms with Crippen molar-refractivity contribution in [3.8, 4) is 0 Å². The van der Waals surface area contributed by atoms with E-state index in [0.29, 0.717) is 12.3 Å². The fourth-order valence-corrected chi connectivity index (χ4v) is 1.37. The van der Waals surface area contributed by atoms with E-state index in [1.54, 1.807) is 0 Å². The highest BCUT2D eigenvalue weighted by atomic mass is 16.3. The summed E-state index contributed by atoms with van der Waals surface area (Å²) in [4.78, 5) is 10.8. The first-order valence-corrected chi connectivity index (χ1v) is 4.64. The van der Waals surface area contributed by atoms with E-state index in [0.717, 1.165) is 11.0 Å². The molecule has 0 saturated heterocycles. The molecule has 0 aliphatic heterocycles. The van der Waals surface area contributed by atoms with Crippen LogP contribution in [0.4, 0.5) is 0 Å². The lowest BCUT2D eigenvalue weighted by Crippen LogP contribution is -2.25. The molecule has 1 heterocycles. The van der Waals surface area contributed by atoms with Crippen molar-refractivity contribution < 1.29 is 14.3 Å². The van der Waals surface area contributed by atoms with Gasteiger partial charge in [0.05, 0.1) is 6.54 Å². The number of para-hydroxylation sites is 1. The molecular weight excluding hydrogens is 194 g/mol. The van der Waals surface area contributed by atoms with Gasteiger partial charge in [-0.15, -0.1) is 0 Å². The summed E-state index contributed by atoms with van der Waals surface area (Å²) in [6.07, 6.45) is 0. The molecule has 0 saturated carbocycles. The zero-order valence-corrected chi connectivity index (χ0v) is 8.06. The molecule has 1 aromatic carbocycles. The molecular formula is C11H11NO3. The van der Waals surface area contributed by atoms with Crippen LogP contribution in [-0.4, -0.2) is 17.6 Å². The van der Waals surface area contributed by atoms with Crippen molar-refractivity contribution in [2.75, 3.05) is 6.61 Å². The molecule has 1 aromatic heterocycles. The van der Waals surface area contributed by atoms with Crippen molar-refractivity contribution in [3.05, 3.63) is 36.1 Å². The molecule has 0 bridgehead atoms. The molecule has 0 fully saturated rings. The third-order valence-electron chi connectivity index (χ3n) is 2.08. The van der Waals surface area contributed by atoms with E-state index >= 15 is 0 Å². The van der Waals surface area contributed by atoms with Gasteiger partial charge in [0.2, 0.25) is 5.91 Å². The van der Waals surface area contributed by atoms with Crippen LogP contribution in [0.25, 0.3) is 11.0 Å². The number of fused-ring (bicyclic) bond motifs is 1. The summed E-state index contributed by atoms with van der Waals surface area (Å²) < 4.78 is 5.47. The zero-order valence-electron chi connectivity index (χ0n) is 8.06. The quantitative estimate of drug-likeness (QED) is 0.787. The minimum atomic E-state index is -0.500. The minimum absolute atomic E-state index is 0.300. The van der Waals surface area contributed by atoms with Crippen LogP contribution in [0.1, 0.15) is 5.76 Å². The Bertz CT molecular complexity index is 442. The fraction of sp³-hybridized carbons (Fsp3) is 0.182. The van der Waals surface area contributed by atoms with Crippen LogP contribution in [0, 0.1) is 0 Å². The Kier molecular flexibility index (Phi) is 2.69. The highest BCUT2D eigenvalue weighted by Crippen LogP contribution is 2.18. The number of nitrogens with one attached hydrogen (secondary N) is 1. The summed E-state index contributed by atoms with van der Waals surface area (Å²) in [5.74, 6) is 0.272. The predicted octanol–water partition coefficient (Wildman–Crippen LogP) is 1.04. The van der Waals surface area contributed by atoms with Gasteiger partial charge in [0.15, 0.2) is 0 Å². The van der Waals surface area contributed by atoms with Crippen LogP contribution < -0.4 is 5.32 Å². The van der Waals surface area contributed by atoms with Crippen molar-refractivity contribution in [1.82, 2.24) is 5.32 Å². The average Bonchev–Trinajstić information content (AvgIpc) is 2.68. The summed E-state index contributed by atoms with van der Waals surface area (Å²) in [6, 6.07) is 9.49. The number of amides is 1. The van der Waals surface area contributed by atoms with E-state index in [2.05, 4.69) is 5.32 Å². The Morgan fingerprint density at radius 3 is 2.93 bits per heavy atom. The van der Waals surface area contributed by atoms with Gasteiger partial charge < -0.3 is 14.8 Å². The second kappa shape index (κ2) is 4.14. The molecule has 0 spiro atoms. The Balaban J connectivity index is 2.12. The van der Waals surface area contributed by atoms with Crippen molar-refractivity contribution in [2.24, 2.45) is 0 Å². The Labute approximate surface area is 86.5 Å². The van der Waals surface area contributed by atoms with Gasteiger partial charge in [-0.2, -0.15) is 0 Å². The number of carbonyl (C=O) groups excluding carboxylic acids is 1. The first-order chi connectivity index (χ1) is 7.29. The SMILES string of the molecule is O=C(CO)NCc1cc2ccccc2o1. The molecule has 2 aromatic rings. The first kappa shape index (κ1) is 9.73. The molecule has 2 N–H and O–H groups in total. The largest absolute Gasteiger partial charge is 0.459 e. The smallest absolute Gasteiger partial charge is 0.246 e. The number of carbonyl (C=O) groups is 1. The fourth-order valence-electron chi connectivity index (χ4n) is 1.37. The number of aliphatic hydroxyl groups excluding tert-OH is 1. The van der Waals surface area contributed by atoms with Crippen LogP contribution in [0.3, 0.4) is 0 Å². The maximum atomic E-state index is 10.8. The van der Waals surface area contributed by atoms with Crippen LogP contribution in [-0.2, 0) is 11.3 Å². The molecule has 0 aliphatic rings. The van der Waals surface area contributed by atoms with Gasteiger partial charge in [0, 0.05) is 5.39 Å². The van der Waals surface area contributed by atoms with Crippen LogP contribution >= 0.6 is 0 Å². The molecule has 0 aliphatic carbocycles. The van der Waals surface area contributed by atoms with Crippen molar-refractivity contribution in [3.63, 3.8) is 0 Å². The highest BCUT2D eigenvalue weighted by molar-refractivity contribution is 5.78. The molecule has 4 nitrogen and oxygen atoms in total. The van der Waals surface area contributed by atoms with Crippen molar-refractivity contribution in [2.45, 2.75) is 6.54 Å². The van der Waals surface area contributed by atoms with Gasteiger partial charge in [-0.05, 0) is 12.1 Å². The van der Waals surface area contributed by atoms with E-state index in [-0.39, 0.29) is 0 Å². The summed E-state index contributed by atoms with van der Waals surface area (Å²) in [5, 5.41) is 12.0. The van der Waals surface area contributed by atoms with Crippen molar-refractivity contribution in [1.29, 1.82) is 0 Å². The standard InChI is InChI=1S/C11H11NO3/c13-7-11(14)12-6-9-5-8-3-1-2-4-10(8)15-9/h1-5,13H,6-7H2,(H,12,14). The van der Waals surface area contributed by atoms with Crippen LogP contribution in [0.15, 0.2) is 34.7 Å². The highest BCUT2D eigenvalue weighted by Gasteiger charge is 2.04. The predicted molar refractivity (Wildman–Crippen MR) is 55.1 cm³/mol. The van der Waals surface area contributed by atoms with Gasteiger partial charge in [0.1, 0.15) is 18.0 Å². The Morgan fingerprint density at radius 2 is 2.20 bits per heavy atom. The van der Waals surface area contributed by atoms with Crippen molar-refractivity contribution >= 4 is 16.9 Å². The summed E-state index contributed by atoms with van der Waals surface area (Å²) >= 11 is 0. The molecule has 2 rings (SSSR count). The van der Waals surface area contributed by atoms with Gasteiger partial charge in [-0.3, -0.25) is 4.79 Å². The Morgan fingerprint density at radius 1 is 1.40 bits per heavy atom. The van der Waals surface area contributed by atoms with Crippen LogP contribution in [0.2, 0.25) is 0 Å². The van der Waals surface area contributed by atoms with E-state index in [4.69, 9.17) is 9.52 Å². The molecule has 0 radical (unpaired) electrons. The molecule has 15 heavy (non-hydrogen) atoms. The second-order valence-corrected chi connectivity index (χ2v) is 3.19. The number of hydrogen-bond donors (Lipinski definition) is 2. The minimum Gasteiger partial charge on any atom is -0.459 e.